The molecule has 0 saturated carbocycles. The topological polar surface area (TPSA) is 46.5 Å². The highest BCUT2D eigenvalue weighted by molar-refractivity contribution is 5.69. The van der Waals surface area contributed by atoms with Crippen molar-refractivity contribution in [1.29, 1.82) is 0 Å². The van der Waals surface area contributed by atoms with Crippen LogP contribution >= 0.6 is 0 Å². The molecule has 0 heterocycles. The van der Waals surface area contributed by atoms with E-state index in [1.807, 2.05) is 6.92 Å². The molecular formula is C13H24O3. The van der Waals surface area contributed by atoms with Crippen LogP contribution in [0.5, 0.6) is 0 Å². The molecule has 0 fully saturated rings. The zero-order valence-electron chi connectivity index (χ0n) is 10.8. The molecule has 2 atom stereocenters. The molecule has 0 saturated heterocycles. The summed E-state index contributed by atoms with van der Waals surface area (Å²) >= 11 is 0. The lowest BCUT2D eigenvalue weighted by Crippen LogP contribution is -2.16. The van der Waals surface area contributed by atoms with E-state index in [2.05, 4.69) is 19.9 Å². The first-order valence-corrected chi connectivity index (χ1v) is 5.89. The first-order chi connectivity index (χ1) is 7.41. The average molecular weight is 228 g/mol. The van der Waals surface area contributed by atoms with Crippen molar-refractivity contribution in [3.05, 3.63) is 11.6 Å². The quantitative estimate of drug-likeness (QED) is 0.538. The zero-order valence-corrected chi connectivity index (χ0v) is 10.8. The lowest BCUT2D eigenvalue weighted by molar-refractivity contribution is -0.147. The molecule has 0 bridgehead atoms. The van der Waals surface area contributed by atoms with Crippen LogP contribution in [0.1, 0.15) is 47.0 Å². The highest BCUT2D eigenvalue weighted by Crippen LogP contribution is 2.12. The van der Waals surface area contributed by atoms with Gasteiger partial charge in [-0.15, -0.1) is 0 Å². The van der Waals surface area contributed by atoms with Crippen LogP contribution in [0, 0.1) is 5.92 Å². The maximum Gasteiger partial charge on any atom is 0.306 e. The molecule has 0 spiro atoms. The van der Waals surface area contributed by atoms with Gasteiger partial charge < -0.3 is 9.84 Å². The van der Waals surface area contributed by atoms with Crippen molar-refractivity contribution in [3.63, 3.8) is 0 Å². The predicted octanol–water partition coefficient (Wildman–Crippen LogP) is 2.68. The molecule has 94 valence electrons. The Bertz CT molecular complexity index is 227. The second kappa shape index (κ2) is 8.34. The van der Waals surface area contributed by atoms with Gasteiger partial charge in [0.05, 0.1) is 6.10 Å². The van der Waals surface area contributed by atoms with Gasteiger partial charge in [-0.05, 0) is 39.5 Å². The van der Waals surface area contributed by atoms with Gasteiger partial charge in [-0.1, -0.05) is 18.6 Å². The molecule has 0 aromatic heterocycles. The SMILES string of the molecule is CC(C)=CCCC(C)CC(=O)OCC(C)O. The number of ether oxygens (including phenoxy) is 1. The number of aliphatic hydroxyl groups is 1. The average Bonchev–Trinajstić information content (AvgIpc) is 2.14. The van der Waals surface area contributed by atoms with Crippen LogP contribution in [0.15, 0.2) is 11.6 Å². The van der Waals surface area contributed by atoms with Crippen molar-refractivity contribution < 1.29 is 14.6 Å². The fourth-order valence-electron chi connectivity index (χ4n) is 1.32. The minimum absolute atomic E-state index is 0.0968. The number of aliphatic hydroxyl groups excluding tert-OH is 1. The minimum atomic E-state index is -0.579. The van der Waals surface area contributed by atoms with E-state index >= 15 is 0 Å². The highest BCUT2D eigenvalue weighted by Gasteiger charge is 2.10. The standard InChI is InChI=1S/C13H24O3/c1-10(2)6-5-7-11(3)8-13(15)16-9-12(4)14/h6,11-12,14H,5,7-9H2,1-4H3. The van der Waals surface area contributed by atoms with E-state index in [1.165, 1.54) is 5.57 Å². The molecule has 0 radical (unpaired) electrons. The summed E-state index contributed by atoms with van der Waals surface area (Å²) in [6.45, 7) is 7.89. The third-order valence-corrected chi connectivity index (χ3v) is 2.21. The zero-order chi connectivity index (χ0) is 12.6. The third kappa shape index (κ3) is 9.71. The van der Waals surface area contributed by atoms with Crippen LogP contribution in [0.25, 0.3) is 0 Å². The molecule has 0 aromatic carbocycles. The van der Waals surface area contributed by atoms with Crippen LogP contribution in [-0.2, 0) is 9.53 Å². The molecule has 1 N–H and O–H groups in total. The lowest BCUT2D eigenvalue weighted by atomic mass is 10.0. The Labute approximate surface area is 98.5 Å². The van der Waals surface area contributed by atoms with E-state index in [0.29, 0.717) is 12.3 Å². The van der Waals surface area contributed by atoms with E-state index in [4.69, 9.17) is 9.84 Å². The van der Waals surface area contributed by atoms with Gasteiger partial charge in [0.15, 0.2) is 0 Å². The monoisotopic (exact) mass is 228 g/mol. The fourth-order valence-corrected chi connectivity index (χ4v) is 1.32. The van der Waals surface area contributed by atoms with Gasteiger partial charge in [-0.3, -0.25) is 4.79 Å². The molecule has 16 heavy (non-hydrogen) atoms. The summed E-state index contributed by atoms with van der Waals surface area (Å²) < 4.78 is 4.90. The smallest absolute Gasteiger partial charge is 0.306 e. The van der Waals surface area contributed by atoms with Crippen LogP contribution in [0.4, 0.5) is 0 Å². The number of esters is 1. The maximum absolute atomic E-state index is 11.3. The number of rotatable bonds is 7. The number of hydrogen-bond acceptors (Lipinski definition) is 3. The molecule has 0 amide bonds. The Morgan fingerprint density at radius 2 is 2.00 bits per heavy atom. The van der Waals surface area contributed by atoms with Gasteiger partial charge in [0.25, 0.3) is 0 Å². The minimum Gasteiger partial charge on any atom is -0.463 e. The number of hydrogen-bond donors (Lipinski definition) is 1. The van der Waals surface area contributed by atoms with Crippen molar-refractivity contribution in [2.75, 3.05) is 6.61 Å². The van der Waals surface area contributed by atoms with E-state index in [-0.39, 0.29) is 12.6 Å². The highest BCUT2D eigenvalue weighted by atomic mass is 16.5. The number of allylic oxidation sites excluding steroid dienone is 2. The Morgan fingerprint density at radius 3 is 2.50 bits per heavy atom. The molecule has 0 rings (SSSR count). The van der Waals surface area contributed by atoms with Crippen molar-refractivity contribution in [2.24, 2.45) is 5.92 Å². The number of carbonyl (C=O) groups excluding carboxylic acids is 1. The molecule has 2 unspecified atom stereocenters. The predicted molar refractivity (Wildman–Crippen MR) is 65.1 cm³/mol. The molecule has 0 aliphatic carbocycles. The summed E-state index contributed by atoms with van der Waals surface area (Å²) in [5, 5.41) is 8.95. The van der Waals surface area contributed by atoms with Crippen LogP contribution < -0.4 is 0 Å². The molecular weight excluding hydrogens is 204 g/mol. The van der Waals surface area contributed by atoms with Gasteiger partial charge in [0.2, 0.25) is 0 Å². The summed E-state index contributed by atoms with van der Waals surface area (Å²) in [7, 11) is 0. The van der Waals surface area contributed by atoms with Gasteiger partial charge in [0, 0.05) is 6.42 Å². The van der Waals surface area contributed by atoms with E-state index < -0.39 is 6.10 Å². The summed E-state index contributed by atoms with van der Waals surface area (Å²) in [5.74, 6) is 0.114. The Morgan fingerprint density at radius 1 is 1.38 bits per heavy atom. The van der Waals surface area contributed by atoms with Gasteiger partial charge in [0.1, 0.15) is 6.61 Å². The van der Waals surface area contributed by atoms with E-state index in [1.54, 1.807) is 6.92 Å². The molecule has 0 aliphatic rings. The fraction of sp³-hybridized carbons (Fsp3) is 0.769. The number of carbonyl (C=O) groups is 1. The van der Waals surface area contributed by atoms with Gasteiger partial charge in [-0.2, -0.15) is 0 Å². The van der Waals surface area contributed by atoms with Gasteiger partial charge >= 0.3 is 5.97 Å². The van der Waals surface area contributed by atoms with Crippen molar-refractivity contribution >= 4 is 5.97 Å². The van der Waals surface area contributed by atoms with Gasteiger partial charge in [-0.25, -0.2) is 0 Å². The van der Waals surface area contributed by atoms with Crippen molar-refractivity contribution in [3.8, 4) is 0 Å². The van der Waals surface area contributed by atoms with Crippen LogP contribution in [-0.4, -0.2) is 23.8 Å². The van der Waals surface area contributed by atoms with E-state index in [9.17, 15) is 4.79 Å². The molecule has 3 heteroatoms. The van der Waals surface area contributed by atoms with E-state index in [0.717, 1.165) is 12.8 Å². The van der Waals surface area contributed by atoms with Crippen molar-refractivity contribution in [2.45, 2.75) is 53.1 Å². The van der Waals surface area contributed by atoms with Crippen LogP contribution in [0.2, 0.25) is 0 Å². The second-order valence-corrected chi connectivity index (χ2v) is 4.70. The maximum atomic E-state index is 11.3. The first kappa shape index (κ1) is 15.2. The second-order valence-electron chi connectivity index (χ2n) is 4.70. The van der Waals surface area contributed by atoms with Crippen molar-refractivity contribution in [1.82, 2.24) is 0 Å². The summed E-state index contributed by atoms with van der Waals surface area (Å²) in [4.78, 5) is 11.3. The third-order valence-electron chi connectivity index (χ3n) is 2.21. The molecule has 0 aromatic rings. The Kier molecular flexibility index (Phi) is 7.90. The first-order valence-electron chi connectivity index (χ1n) is 5.89. The van der Waals surface area contributed by atoms with Crippen LogP contribution in [0.3, 0.4) is 0 Å². The summed E-state index contributed by atoms with van der Waals surface area (Å²) in [6.07, 6.45) is 4.04. The largest absolute Gasteiger partial charge is 0.463 e. The molecule has 0 aliphatic heterocycles. The molecule has 3 nitrogen and oxygen atoms in total. The Balaban J connectivity index is 3.66. The summed E-state index contributed by atoms with van der Waals surface area (Å²) in [6, 6.07) is 0. The lowest BCUT2D eigenvalue weighted by Gasteiger charge is -2.11. The Hall–Kier alpha value is -0.830. The summed E-state index contributed by atoms with van der Waals surface area (Å²) in [5.41, 5.74) is 1.31. The normalized spacial score (nSPS) is 14.1.